The molecular formula is C26H21ClN4O6S. The number of non-ortho nitro benzene ring substituents is 1. The van der Waals surface area contributed by atoms with Crippen molar-refractivity contribution in [1.29, 1.82) is 0 Å². The second kappa shape index (κ2) is 11.3. The van der Waals surface area contributed by atoms with E-state index in [1.807, 2.05) is 0 Å². The van der Waals surface area contributed by atoms with Crippen molar-refractivity contribution >= 4 is 45.1 Å². The van der Waals surface area contributed by atoms with E-state index in [1.165, 1.54) is 34.8 Å². The molecule has 10 nitrogen and oxygen atoms in total. The zero-order valence-electron chi connectivity index (χ0n) is 19.9. The number of nitro benzene ring substituents is 1. The molecule has 0 aliphatic carbocycles. The van der Waals surface area contributed by atoms with Crippen LogP contribution in [0.25, 0.3) is 11.3 Å². The Labute approximate surface area is 223 Å². The molecule has 4 rings (SSSR count). The molecule has 0 radical (unpaired) electrons. The predicted molar refractivity (Wildman–Crippen MR) is 145 cm³/mol. The summed E-state index contributed by atoms with van der Waals surface area (Å²) in [5.41, 5.74) is 4.45. The van der Waals surface area contributed by atoms with Crippen molar-refractivity contribution < 1.29 is 22.6 Å². The Kier molecular flexibility index (Phi) is 7.89. The lowest BCUT2D eigenvalue weighted by Crippen LogP contribution is -2.29. The normalized spacial score (nSPS) is 11.4. The second-order valence-electron chi connectivity index (χ2n) is 8.15. The number of hydrogen-bond acceptors (Lipinski definition) is 7. The van der Waals surface area contributed by atoms with Crippen molar-refractivity contribution in [3.05, 3.63) is 117 Å². The van der Waals surface area contributed by atoms with Crippen molar-refractivity contribution in [3.8, 4) is 11.3 Å². The molecule has 12 heteroatoms. The average Bonchev–Trinajstić information content (AvgIpc) is 3.37. The van der Waals surface area contributed by atoms with Crippen molar-refractivity contribution in [2.45, 2.75) is 6.54 Å². The monoisotopic (exact) mass is 552 g/mol. The van der Waals surface area contributed by atoms with Gasteiger partial charge >= 0.3 is 0 Å². The van der Waals surface area contributed by atoms with E-state index in [1.54, 1.807) is 60.7 Å². The third-order valence-electron chi connectivity index (χ3n) is 5.40. The first-order valence-electron chi connectivity index (χ1n) is 11.1. The fraction of sp³-hybridized carbons (Fsp3) is 0.0769. The summed E-state index contributed by atoms with van der Waals surface area (Å²) < 4.78 is 31.7. The Hall–Kier alpha value is -4.48. The summed E-state index contributed by atoms with van der Waals surface area (Å²) in [5, 5.41) is 15.2. The Morgan fingerprint density at radius 2 is 1.68 bits per heavy atom. The van der Waals surface area contributed by atoms with Crippen LogP contribution in [0.3, 0.4) is 0 Å². The third kappa shape index (κ3) is 6.64. The van der Waals surface area contributed by atoms with Crippen LogP contribution in [-0.2, 0) is 16.6 Å². The number of sulfonamides is 1. The van der Waals surface area contributed by atoms with Gasteiger partial charge in [-0.15, -0.1) is 0 Å². The number of rotatable bonds is 9. The highest BCUT2D eigenvalue weighted by atomic mass is 35.5. The van der Waals surface area contributed by atoms with Crippen LogP contribution in [0.2, 0.25) is 5.02 Å². The van der Waals surface area contributed by atoms with Crippen LogP contribution in [0.1, 0.15) is 21.7 Å². The number of anilines is 1. The van der Waals surface area contributed by atoms with E-state index in [0.717, 1.165) is 11.8 Å². The van der Waals surface area contributed by atoms with Crippen LogP contribution in [0.4, 0.5) is 11.4 Å². The zero-order chi connectivity index (χ0) is 27.3. The fourth-order valence-electron chi connectivity index (χ4n) is 3.48. The molecule has 0 bridgehead atoms. The van der Waals surface area contributed by atoms with Gasteiger partial charge in [-0.05, 0) is 66.2 Å². The number of furan rings is 1. The lowest BCUT2D eigenvalue weighted by Gasteiger charge is -2.22. The molecule has 0 saturated heterocycles. The Morgan fingerprint density at radius 3 is 2.29 bits per heavy atom. The molecule has 0 aliphatic rings. The molecule has 38 heavy (non-hydrogen) atoms. The fourth-order valence-corrected chi connectivity index (χ4v) is 4.49. The molecule has 194 valence electrons. The molecule has 0 unspecified atom stereocenters. The SMILES string of the molecule is CS(=O)(=O)N(Cc1ccc(Cl)cc1)c1ccc(C(=O)N/N=C\c2ccc(-c3ccc([N+](=O)[O-])cc3)o2)cc1. The Morgan fingerprint density at radius 1 is 1.03 bits per heavy atom. The van der Waals surface area contributed by atoms with Gasteiger partial charge in [0.2, 0.25) is 10.0 Å². The van der Waals surface area contributed by atoms with Gasteiger partial charge in [-0.2, -0.15) is 5.10 Å². The largest absolute Gasteiger partial charge is 0.455 e. The van der Waals surface area contributed by atoms with E-state index >= 15 is 0 Å². The lowest BCUT2D eigenvalue weighted by molar-refractivity contribution is -0.384. The number of carbonyl (C=O) groups is 1. The van der Waals surface area contributed by atoms with Gasteiger partial charge in [0.15, 0.2) is 0 Å². The number of benzene rings is 3. The van der Waals surface area contributed by atoms with Crippen LogP contribution >= 0.6 is 11.6 Å². The van der Waals surface area contributed by atoms with Gasteiger partial charge in [-0.25, -0.2) is 13.8 Å². The van der Waals surface area contributed by atoms with Crippen molar-refractivity contribution in [3.63, 3.8) is 0 Å². The molecule has 1 N–H and O–H groups in total. The first kappa shape index (κ1) is 26.6. The average molecular weight is 553 g/mol. The van der Waals surface area contributed by atoms with Crippen LogP contribution in [-0.4, -0.2) is 31.7 Å². The van der Waals surface area contributed by atoms with Crippen molar-refractivity contribution in [1.82, 2.24) is 5.43 Å². The van der Waals surface area contributed by atoms with E-state index < -0.39 is 20.9 Å². The van der Waals surface area contributed by atoms with Gasteiger partial charge in [-0.3, -0.25) is 19.2 Å². The maximum Gasteiger partial charge on any atom is 0.271 e. The minimum absolute atomic E-state index is 0.0246. The molecule has 1 heterocycles. The highest BCUT2D eigenvalue weighted by Crippen LogP contribution is 2.24. The highest BCUT2D eigenvalue weighted by molar-refractivity contribution is 7.92. The summed E-state index contributed by atoms with van der Waals surface area (Å²) in [6.45, 7) is 0.108. The van der Waals surface area contributed by atoms with E-state index in [-0.39, 0.29) is 17.8 Å². The molecule has 1 amide bonds. The van der Waals surface area contributed by atoms with Gasteiger partial charge in [0.25, 0.3) is 11.6 Å². The topological polar surface area (TPSA) is 135 Å². The number of hydrogen-bond donors (Lipinski definition) is 1. The quantitative estimate of drug-likeness (QED) is 0.171. The summed E-state index contributed by atoms with van der Waals surface area (Å²) in [4.78, 5) is 22.8. The molecule has 0 aliphatic heterocycles. The number of nitro groups is 1. The molecule has 4 aromatic rings. The lowest BCUT2D eigenvalue weighted by atomic mass is 10.1. The van der Waals surface area contributed by atoms with Crippen molar-refractivity contribution in [2.75, 3.05) is 10.6 Å². The summed E-state index contributed by atoms with van der Waals surface area (Å²) in [6.07, 6.45) is 2.43. The molecule has 1 aromatic heterocycles. The van der Waals surface area contributed by atoms with E-state index in [2.05, 4.69) is 10.5 Å². The van der Waals surface area contributed by atoms with E-state index in [4.69, 9.17) is 16.0 Å². The van der Waals surface area contributed by atoms with Crippen LogP contribution in [0.5, 0.6) is 0 Å². The summed E-state index contributed by atoms with van der Waals surface area (Å²) in [6, 6.07) is 22.2. The summed E-state index contributed by atoms with van der Waals surface area (Å²) in [5.74, 6) is 0.343. The minimum atomic E-state index is -3.59. The van der Waals surface area contributed by atoms with E-state index in [0.29, 0.717) is 27.8 Å². The summed E-state index contributed by atoms with van der Waals surface area (Å²) in [7, 11) is -3.59. The predicted octanol–water partition coefficient (Wildman–Crippen LogP) is 5.24. The van der Waals surface area contributed by atoms with Crippen LogP contribution in [0, 0.1) is 10.1 Å². The molecule has 0 atom stereocenters. The maximum absolute atomic E-state index is 12.5. The maximum atomic E-state index is 12.5. The molecule has 0 fully saturated rings. The zero-order valence-corrected chi connectivity index (χ0v) is 21.5. The Bertz CT molecular complexity index is 1580. The minimum Gasteiger partial charge on any atom is -0.455 e. The van der Waals surface area contributed by atoms with Crippen LogP contribution < -0.4 is 9.73 Å². The molecule has 3 aromatic carbocycles. The van der Waals surface area contributed by atoms with Crippen molar-refractivity contribution in [2.24, 2.45) is 5.10 Å². The standard InChI is InChI=1S/C26H21ClN4O6S/c1-38(35,36)30(17-18-2-8-21(27)9-3-18)22-10-6-20(7-11-22)26(32)29-28-16-24-14-15-25(37-24)19-4-12-23(13-5-19)31(33)34/h2-16H,17H2,1H3,(H,29,32)/b28-16-. The molecule has 0 saturated carbocycles. The highest BCUT2D eigenvalue weighted by Gasteiger charge is 2.18. The van der Waals surface area contributed by atoms with Crippen LogP contribution in [0.15, 0.2) is 94.4 Å². The van der Waals surface area contributed by atoms with E-state index in [9.17, 15) is 23.3 Å². The number of hydrazone groups is 1. The van der Waals surface area contributed by atoms with Gasteiger partial charge in [0, 0.05) is 28.3 Å². The number of halogens is 1. The second-order valence-corrected chi connectivity index (χ2v) is 10.5. The number of carbonyl (C=O) groups excluding carboxylic acids is 1. The first-order chi connectivity index (χ1) is 18.1. The first-order valence-corrected chi connectivity index (χ1v) is 13.3. The van der Waals surface area contributed by atoms with Gasteiger partial charge in [0.1, 0.15) is 11.5 Å². The Balaban J connectivity index is 1.39. The van der Waals surface area contributed by atoms with Gasteiger partial charge in [-0.1, -0.05) is 23.7 Å². The number of nitrogens with zero attached hydrogens (tertiary/aromatic N) is 3. The van der Waals surface area contributed by atoms with Gasteiger partial charge < -0.3 is 4.42 Å². The smallest absolute Gasteiger partial charge is 0.271 e. The number of amides is 1. The molecular weight excluding hydrogens is 532 g/mol. The summed E-state index contributed by atoms with van der Waals surface area (Å²) >= 11 is 5.91. The third-order valence-corrected chi connectivity index (χ3v) is 6.80. The number of nitrogens with one attached hydrogen (secondary N) is 1. The van der Waals surface area contributed by atoms with Gasteiger partial charge in [0.05, 0.1) is 29.6 Å². The molecule has 0 spiro atoms.